The molecule has 0 radical (unpaired) electrons. The van der Waals surface area contributed by atoms with Crippen LogP contribution in [0.15, 0.2) is 29.1 Å². The van der Waals surface area contributed by atoms with E-state index in [-0.39, 0.29) is 11.2 Å². The average molecular weight is 274 g/mol. The molecule has 0 aliphatic carbocycles. The smallest absolute Gasteiger partial charge is 0.315 e. The van der Waals surface area contributed by atoms with Crippen LogP contribution in [0.3, 0.4) is 0 Å². The molecule has 3 rings (SSSR count). The quantitative estimate of drug-likeness (QED) is 0.715. The molecule has 2 aromatic rings. The number of nitrogens with one attached hydrogen (secondary N) is 3. The number of H-pyrrole nitrogens is 1. The molecule has 1 fully saturated rings. The molecule has 1 atom stereocenters. The molecule has 20 heavy (non-hydrogen) atoms. The molecule has 0 saturated carbocycles. The minimum absolute atomic E-state index is 0.0139. The summed E-state index contributed by atoms with van der Waals surface area (Å²) >= 11 is 0. The van der Waals surface area contributed by atoms with Crippen molar-refractivity contribution in [3.05, 3.63) is 34.7 Å². The summed E-state index contributed by atoms with van der Waals surface area (Å²) < 4.78 is 1.83. The number of aromatic nitrogens is 2. The summed E-state index contributed by atoms with van der Waals surface area (Å²) in [6.07, 6.45) is 2.12. The van der Waals surface area contributed by atoms with Gasteiger partial charge in [0.05, 0.1) is 11.0 Å². The number of nitrogens with zero attached hydrogens (tertiary/aromatic N) is 1. The van der Waals surface area contributed by atoms with Crippen molar-refractivity contribution in [2.75, 3.05) is 19.6 Å². The Bertz CT molecular complexity index is 637. The lowest BCUT2D eigenvalue weighted by Crippen LogP contribution is -2.44. The molecule has 3 N–H and O–H groups in total. The van der Waals surface area contributed by atoms with Crippen molar-refractivity contribution < 1.29 is 0 Å². The van der Waals surface area contributed by atoms with Gasteiger partial charge in [-0.25, -0.2) is 4.79 Å². The van der Waals surface area contributed by atoms with E-state index in [4.69, 9.17) is 0 Å². The molecule has 1 aliphatic rings. The fraction of sp³-hybridized carbons (Fsp3) is 0.533. The van der Waals surface area contributed by atoms with Gasteiger partial charge in [0.2, 0.25) is 0 Å². The monoisotopic (exact) mass is 274 g/mol. The van der Waals surface area contributed by atoms with E-state index in [2.05, 4.69) is 22.5 Å². The van der Waals surface area contributed by atoms with E-state index in [9.17, 15) is 4.79 Å². The molecule has 1 aliphatic heterocycles. The lowest BCUT2D eigenvalue weighted by molar-refractivity contribution is 0.379. The molecule has 2 heterocycles. The van der Waals surface area contributed by atoms with E-state index >= 15 is 0 Å². The van der Waals surface area contributed by atoms with Gasteiger partial charge < -0.3 is 15.6 Å². The maximum Gasteiger partial charge on any atom is 0.326 e. The van der Waals surface area contributed by atoms with Gasteiger partial charge in [0.1, 0.15) is 0 Å². The number of hydrogen-bond acceptors (Lipinski definition) is 3. The Hall–Kier alpha value is -1.59. The third-order valence-electron chi connectivity index (χ3n) is 4.16. The summed E-state index contributed by atoms with van der Waals surface area (Å²) in [6, 6.07) is 7.84. The highest BCUT2D eigenvalue weighted by molar-refractivity contribution is 5.74. The number of hydrogen-bond donors (Lipinski definition) is 3. The van der Waals surface area contributed by atoms with Gasteiger partial charge in [0.25, 0.3) is 0 Å². The zero-order chi connectivity index (χ0) is 14.0. The largest absolute Gasteiger partial charge is 0.326 e. The molecule has 0 amide bonds. The maximum atomic E-state index is 11.9. The minimum Gasteiger partial charge on any atom is -0.315 e. The zero-order valence-corrected chi connectivity index (χ0v) is 11.9. The number of rotatable bonds is 5. The molecule has 5 nitrogen and oxygen atoms in total. The molecular formula is C15H22N4O. The van der Waals surface area contributed by atoms with Gasteiger partial charge in [-0.1, -0.05) is 12.1 Å². The van der Waals surface area contributed by atoms with E-state index in [1.54, 1.807) is 0 Å². The van der Waals surface area contributed by atoms with Crippen LogP contribution in [-0.4, -0.2) is 34.7 Å². The summed E-state index contributed by atoms with van der Waals surface area (Å²) in [4.78, 5) is 14.8. The first-order valence-electron chi connectivity index (χ1n) is 7.31. The van der Waals surface area contributed by atoms with E-state index in [1.807, 2.05) is 28.8 Å². The number of aromatic amines is 1. The Balaban J connectivity index is 1.60. The van der Waals surface area contributed by atoms with Crippen LogP contribution in [0.4, 0.5) is 0 Å². The van der Waals surface area contributed by atoms with E-state index in [1.165, 1.54) is 6.42 Å². The molecule has 1 unspecified atom stereocenters. The average Bonchev–Trinajstić information content (AvgIpc) is 2.99. The summed E-state index contributed by atoms with van der Waals surface area (Å²) in [5.74, 6) is 0. The summed E-state index contributed by atoms with van der Waals surface area (Å²) in [6.45, 7) is 6.06. The van der Waals surface area contributed by atoms with Crippen LogP contribution in [0.25, 0.3) is 11.0 Å². The fourth-order valence-corrected chi connectivity index (χ4v) is 2.92. The number of para-hydroxylation sites is 2. The van der Waals surface area contributed by atoms with Crippen molar-refractivity contribution in [3.8, 4) is 0 Å². The molecule has 108 valence electrons. The number of aryl methyl sites for hydroxylation is 1. The van der Waals surface area contributed by atoms with Gasteiger partial charge in [0, 0.05) is 18.6 Å². The van der Waals surface area contributed by atoms with Gasteiger partial charge >= 0.3 is 5.69 Å². The molecule has 1 saturated heterocycles. The van der Waals surface area contributed by atoms with Crippen molar-refractivity contribution >= 4 is 11.0 Å². The standard InChI is InChI=1S/C15H22N4O/c1-15(7-9-16-11-15)17-8-4-10-19-13-6-3-2-5-12(13)18-14(19)20/h2-3,5-6,16-17H,4,7-11H2,1H3,(H,18,20). The lowest BCUT2D eigenvalue weighted by Gasteiger charge is -2.24. The Morgan fingerprint density at radius 3 is 3.05 bits per heavy atom. The summed E-state index contributed by atoms with van der Waals surface area (Å²) in [5, 5.41) is 6.98. The third kappa shape index (κ3) is 2.64. The normalized spacial score (nSPS) is 22.6. The highest BCUT2D eigenvalue weighted by Crippen LogP contribution is 2.13. The van der Waals surface area contributed by atoms with Crippen LogP contribution >= 0.6 is 0 Å². The molecular weight excluding hydrogens is 252 g/mol. The van der Waals surface area contributed by atoms with E-state index < -0.39 is 0 Å². The third-order valence-corrected chi connectivity index (χ3v) is 4.16. The van der Waals surface area contributed by atoms with Crippen LogP contribution in [0, 0.1) is 0 Å². The van der Waals surface area contributed by atoms with Crippen molar-refractivity contribution in [1.82, 2.24) is 20.2 Å². The van der Waals surface area contributed by atoms with Crippen molar-refractivity contribution in [2.45, 2.75) is 31.8 Å². The minimum atomic E-state index is -0.0139. The molecule has 0 spiro atoms. The number of benzene rings is 1. The Labute approximate surface area is 118 Å². The highest BCUT2D eigenvalue weighted by Gasteiger charge is 2.26. The van der Waals surface area contributed by atoms with Gasteiger partial charge in [-0.2, -0.15) is 0 Å². The summed E-state index contributed by atoms with van der Waals surface area (Å²) in [7, 11) is 0. The van der Waals surface area contributed by atoms with Crippen LogP contribution in [0.2, 0.25) is 0 Å². The van der Waals surface area contributed by atoms with Crippen LogP contribution in [-0.2, 0) is 6.54 Å². The van der Waals surface area contributed by atoms with Gasteiger partial charge in [-0.3, -0.25) is 4.57 Å². The SMILES string of the molecule is CC1(NCCCn2c(=O)[nH]c3ccccc32)CCNC1. The zero-order valence-electron chi connectivity index (χ0n) is 11.9. The first-order chi connectivity index (χ1) is 9.68. The fourth-order valence-electron chi connectivity index (χ4n) is 2.92. The van der Waals surface area contributed by atoms with Crippen molar-refractivity contribution in [1.29, 1.82) is 0 Å². The summed E-state index contributed by atoms with van der Waals surface area (Å²) in [5.41, 5.74) is 2.11. The van der Waals surface area contributed by atoms with Gasteiger partial charge in [-0.15, -0.1) is 0 Å². The second-order valence-electron chi connectivity index (χ2n) is 5.87. The Kier molecular flexibility index (Phi) is 3.63. The van der Waals surface area contributed by atoms with Crippen LogP contribution in [0.1, 0.15) is 19.8 Å². The Morgan fingerprint density at radius 2 is 2.25 bits per heavy atom. The van der Waals surface area contributed by atoms with Gasteiger partial charge in [-0.05, 0) is 45.0 Å². The molecule has 1 aromatic carbocycles. The van der Waals surface area contributed by atoms with E-state index in [0.717, 1.165) is 43.6 Å². The topological polar surface area (TPSA) is 61.9 Å². The van der Waals surface area contributed by atoms with E-state index in [0.29, 0.717) is 0 Å². The van der Waals surface area contributed by atoms with Crippen molar-refractivity contribution in [3.63, 3.8) is 0 Å². The predicted octanol–water partition coefficient (Wildman–Crippen LogP) is 1.06. The van der Waals surface area contributed by atoms with Crippen LogP contribution in [0.5, 0.6) is 0 Å². The second kappa shape index (κ2) is 5.42. The number of imidazole rings is 1. The predicted molar refractivity (Wildman–Crippen MR) is 81.1 cm³/mol. The molecule has 1 aromatic heterocycles. The molecule has 0 bridgehead atoms. The highest BCUT2D eigenvalue weighted by atomic mass is 16.1. The number of fused-ring (bicyclic) bond motifs is 1. The van der Waals surface area contributed by atoms with Crippen molar-refractivity contribution in [2.24, 2.45) is 0 Å². The van der Waals surface area contributed by atoms with Gasteiger partial charge in [0.15, 0.2) is 0 Å². The Morgan fingerprint density at radius 1 is 1.40 bits per heavy atom. The second-order valence-corrected chi connectivity index (χ2v) is 5.87. The van der Waals surface area contributed by atoms with Crippen LogP contribution < -0.4 is 16.3 Å². The lowest BCUT2D eigenvalue weighted by atomic mass is 10.0. The first kappa shape index (κ1) is 13.4. The first-order valence-corrected chi connectivity index (χ1v) is 7.31. The maximum absolute atomic E-state index is 11.9. The molecule has 5 heteroatoms.